The Morgan fingerprint density at radius 1 is 0.585 bits per heavy atom. The van der Waals surface area contributed by atoms with Crippen molar-refractivity contribution in [2.24, 2.45) is 0 Å². The normalized spacial score (nSPS) is 12.8. The second kappa shape index (κ2) is 38.8. The van der Waals surface area contributed by atoms with Crippen LogP contribution in [0.5, 0.6) is 0 Å². The van der Waals surface area contributed by atoms with Crippen LogP contribution in [0.25, 0.3) is 0 Å². The molecule has 9 nitrogen and oxygen atoms in total. The number of hydrogen-bond donors (Lipinski definition) is 4. The molecule has 53 heavy (non-hydrogen) atoms. The summed E-state index contributed by atoms with van der Waals surface area (Å²) in [6, 6.07) is -1.38. The van der Waals surface area contributed by atoms with Crippen molar-refractivity contribution in [3.05, 3.63) is 36.5 Å². The van der Waals surface area contributed by atoms with Gasteiger partial charge in [0, 0.05) is 12.8 Å². The summed E-state index contributed by atoms with van der Waals surface area (Å²) >= 11 is 0. The van der Waals surface area contributed by atoms with Crippen LogP contribution in [0.15, 0.2) is 36.5 Å². The van der Waals surface area contributed by atoms with Crippen molar-refractivity contribution in [1.29, 1.82) is 0 Å². The molecular formula is C44H78N2O7. The lowest BCUT2D eigenvalue weighted by molar-refractivity contribution is -0.150. The molecule has 0 aromatic carbocycles. The van der Waals surface area contributed by atoms with Crippen molar-refractivity contribution >= 4 is 23.8 Å². The molecule has 4 N–H and O–H groups in total. The Morgan fingerprint density at radius 3 is 1.62 bits per heavy atom. The van der Waals surface area contributed by atoms with Crippen molar-refractivity contribution in [1.82, 2.24) is 10.6 Å². The van der Waals surface area contributed by atoms with E-state index in [4.69, 9.17) is 14.9 Å². The van der Waals surface area contributed by atoms with Gasteiger partial charge in [0.25, 0.3) is 0 Å². The van der Waals surface area contributed by atoms with Gasteiger partial charge >= 0.3 is 11.9 Å². The van der Waals surface area contributed by atoms with Crippen molar-refractivity contribution in [2.75, 3.05) is 13.2 Å². The molecule has 0 spiro atoms. The number of carboxylic acid groups (broad SMARTS) is 1. The number of rotatable bonds is 38. The van der Waals surface area contributed by atoms with Crippen LogP contribution < -0.4 is 10.6 Å². The van der Waals surface area contributed by atoms with Crippen LogP contribution in [-0.4, -0.2) is 59.3 Å². The first-order chi connectivity index (χ1) is 25.8. The first kappa shape index (κ1) is 50.1. The van der Waals surface area contributed by atoms with Crippen LogP contribution >= 0.6 is 0 Å². The molecule has 0 rings (SSSR count). The third kappa shape index (κ3) is 35.8. The van der Waals surface area contributed by atoms with E-state index < -0.39 is 24.5 Å². The van der Waals surface area contributed by atoms with E-state index in [0.717, 1.165) is 89.9 Å². The molecule has 0 aromatic heterocycles. The van der Waals surface area contributed by atoms with Gasteiger partial charge in [0.2, 0.25) is 11.8 Å². The number of carboxylic acids is 1. The number of allylic oxidation sites excluding steroid dienone is 6. The Morgan fingerprint density at radius 2 is 1.08 bits per heavy atom. The summed E-state index contributed by atoms with van der Waals surface area (Å²) in [4.78, 5) is 47.5. The smallest absolute Gasteiger partial charge is 0.328 e. The van der Waals surface area contributed by atoms with Gasteiger partial charge in [0.05, 0.1) is 13.2 Å². The summed E-state index contributed by atoms with van der Waals surface area (Å²) in [6.45, 7) is 3.37. The topological polar surface area (TPSA) is 142 Å². The molecule has 0 aromatic rings. The fraction of sp³-hybridized carbons (Fsp3) is 0.773. The summed E-state index contributed by atoms with van der Waals surface area (Å²) in [5.41, 5.74) is 0. The molecule has 0 aliphatic rings. The third-order valence-corrected chi connectivity index (χ3v) is 9.40. The molecule has 0 saturated heterocycles. The quantitative estimate of drug-likeness (QED) is 0.0280. The van der Waals surface area contributed by atoms with E-state index in [0.29, 0.717) is 19.3 Å². The number of aliphatic hydroxyl groups is 1. The lowest BCUT2D eigenvalue weighted by Gasteiger charge is -2.18. The summed E-state index contributed by atoms with van der Waals surface area (Å²) in [5.74, 6) is -2.32. The fourth-order valence-electron chi connectivity index (χ4n) is 6.14. The maximum absolute atomic E-state index is 12.8. The molecule has 0 radical (unpaired) electrons. The van der Waals surface area contributed by atoms with Crippen molar-refractivity contribution < 1.29 is 34.1 Å². The van der Waals surface area contributed by atoms with Crippen molar-refractivity contribution in [2.45, 2.75) is 206 Å². The first-order valence-corrected chi connectivity index (χ1v) is 21.4. The Labute approximate surface area is 323 Å². The maximum Gasteiger partial charge on any atom is 0.328 e. The highest BCUT2D eigenvalue weighted by Gasteiger charge is 2.19. The number of aliphatic carboxylic acids is 1. The van der Waals surface area contributed by atoms with Gasteiger partial charge in [0.15, 0.2) is 0 Å². The van der Waals surface area contributed by atoms with Gasteiger partial charge in [-0.3, -0.25) is 14.4 Å². The average Bonchev–Trinajstić information content (AvgIpc) is 3.14. The number of carbonyl (C=O) groups is 4. The molecule has 306 valence electrons. The molecule has 0 aliphatic heterocycles. The third-order valence-electron chi connectivity index (χ3n) is 9.40. The van der Waals surface area contributed by atoms with Gasteiger partial charge in [-0.2, -0.15) is 0 Å². The fourth-order valence-corrected chi connectivity index (χ4v) is 6.14. The Kier molecular flexibility index (Phi) is 36.6. The van der Waals surface area contributed by atoms with Gasteiger partial charge < -0.3 is 25.6 Å². The van der Waals surface area contributed by atoms with Gasteiger partial charge in [-0.15, -0.1) is 0 Å². The van der Waals surface area contributed by atoms with Crippen LogP contribution in [0, 0.1) is 0 Å². The van der Waals surface area contributed by atoms with Crippen LogP contribution in [0.3, 0.4) is 0 Å². The molecule has 0 aliphatic carbocycles. The first-order valence-electron chi connectivity index (χ1n) is 21.4. The van der Waals surface area contributed by atoms with E-state index in [1.807, 2.05) is 0 Å². The molecule has 2 unspecified atom stereocenters. The Balaban J connectivity index is 4.36. The van der Waals surface area contributed by atoms with Crippen LogP contribution in [0.4, 0.5) is 0 Å². The van der Waals surface area contributed by atoms with Gasteiger partial charge in [-0.05, 0) is 70.6 Å². The Bertz CT molecular complexity index is 994. The summed E-state index contributed by atoms with van der Waals surface area (Å²) in [7, 11) is 0. The van der Waals surface area contributed by atoms with E-state index in [1.165, 1.54) is 70.6 Å². The molecule has 2 amide bonds. The summed E-state index contributed by atoms with van der Waals surface area (Å²) in [5, 5.41) is 22.5. The van der Waals surface area contributed by atoms with Crippen molar-refractivity contribution in [3.8, 4) is 0 Å². The number of nitrogens with one attached hydrogen (secondary N) is 2. The molecule has 9 heteroatoms. The number of unbranched alkanes of at least 4 members (excludes halogenated alkanes) is 18. The van der Waals surface area contributed by atoms with Crippen LogP contribution in [0.2, 0.25) is 0 Å². The number of carbonyl (C=O) groups excluding carboxylic acids is 3. The van der Waals surface area contributed by atoms with Crippen LogP contribution in [-0.2, 0) is 23.9 Å². The highest BCUT2D eigenvalue weighted by Crippen LogP contribution is 2.19. The zero-order valence-electron chi connectivity index (χ0n) is 33.8. The number of aliphatic hydroxyl groups excluding tert-OH is 1. The molecule has 2 atom stereocenters. The molecule has 0 heterocycles. The second-order valence-electron chi connectivity index (χ2n) is 14.4. The molecule has 0 bridgehead atoms. The predicted molar refractivity (Wildman–Crippen MR) is 218 cm³/mol. The zero-order valence-corrected chi connectivity index (χ0v) is 33.8. The van der Waals surface area contributed by atoms with E-state index in [2.05, 4.69) is 60.9 Å². The predicted octanol–water partition coefficient (Wildman–Crippen LogP) is 10.2. The summed E-state index contributed by atoms with van der Waals surface area (Å²) < 4.78 is 6.01. The number of esters is 1. The number of hydrogen-bond acceptors (Lipinski definition) is 6. The van der Waals surface area contributed by atoms with Crippen LogP contribution in [0.1, 0.15) is 194 Å². The minimum Gasteiger partial charge on any atom is -0.480 e. The maximum atomic E-state index is 12.8. The van der Waals surface area contributed by atoms with E-state index in [9.17, 15) is 19.2 Å². The molecule has 0 saturated carbocycles. The van der Waals surface area contributed by atoms with Crippen molar-refractivity contribution in [3.63, 3.8) is 0 Å². The second-order valence-corrected chi connectivity index (χ2v) is 14.4. The van der Waals surface area contributed by atoms with E-state index >= 15 is 0 Å². The molecule has 0 fully saturated rings. The average molecular weight is 747 g/mol. The summed E-state index contributed by atoms with van der Waals surface area (Å²) in [6.07, 6.45) is 43.1. The van der Waals surface area contributed by atoms with E-state index in [1.54, 1.807) is 0 Å². The highest BCUT2D eigenvalue weighted by atomic mass is 16.5. The number of ether oxygens (including phenoxy) is 1. The highest BCUT2D eigenvalue weighted by molar-refractivity contribution is 5.87. The Hall–Kier alpha value is -2.94. The number of amides is 2. The largest absolute Gasteiger partial charge is 0.480 e. The standard InChI is InChI=1S/C44H78N2O7/c1-3-5-7-9-11-13-15-17-19-21-23-28-32-36-43(50)53-39(33-29-25-22-20-18-16-14-12-10-8-6-4-2)34-30-26-24-27-31-35-41(48)45-37-42(49)46-40(38-47)44(51)52/h5,7,11,13,17,19,39-40,47H,3-4,6,8-10,12,14-16,18,20-38H2,1-2H3,(H,45,48)(H,46,49)(H,51,52)/b7-5-,13-11-,19-17-. The minimum atomic E-state index is -1.38. The minimum absolute atomic E-state index is 0.0254. The zero-order chi connectivity index (χ0) is 39.0. The van der Waals surface area contributed by atoms with E-state index in [-0.39, 0.29) is 24.5 Å². The molecular weight excluding hydrogens is 668 g/mol. The monoisotopic (exact) mass is 747 g/mol. The lowest BCUT2D eigenvalue weighted by Crippen LogP contribution is -2.47. The SMILES string of the molecule is CC/C=C\C/C=C\C/C=C\CCCCCC(=O)OC(CCCCCCCCCCCCCC)CCCCCCCC(=O)NCC(=O)NC(CO)C(=O)O. The van der Waals surface area contributed by atoms with Gasteiger partial charge in [-0.25, -0.2) is 4.79 Å². The lowest BCUT2D eigenvalue weighted by atomic mass is 10.0. The van der Waals surface area contributed by atoms with Gasteiger partial charge in [-0.1, -0.05) is 147 Å². The van der Waals surface area contributed by atoms with Gasteiger partial charge in [0.1, 0.15) is 12.1 Å².